The van der Waals surface area contributed by atoms with Crippen molar-refractivity contribution in [3.05, 3.63) is 77.4 Å². The summed E-state index contributed by atoms with van der Waals surface area (Å²) in [6.45, 7) is 14.4. The molecular formula is C39H53P. The van der Waals surface area contributed by atoms with Crippen molar-refractivity contribution in [2.75, 3.05) is 0 Å². The molecule has 5 rings (SSSR count). The third-order valence-electron chi connectivity index (χ3n) is 9.72. The molecule has 0 aliphatic heterocycles. The van der Waals surface area contributed by atoms with Crippen LogP contribution in [0.3, 0.4) is 0 Å². The smallest absolute Gasteiger partial charge is 0.00224 e. The zero-order chi connectivity index (χ0) is 28.2. The van der Waals surface area contributed by atoms with Crippen molar-refractivity contribution in [2.45, 2.75) is 135 Å². The van der Waals surface area contributed by atoms with Crippen LogP contribution in [0.2, 0.25) is 0 Å². The molecule has 2 saturated carbocycles. The van der Waals surface area contributed by atoms with Crippen LogP contribution in [0, 0.1) is 0 Å². The second-order valence-corrected chi connectivity index (χ2v) is 16.4. The highest BCUT2D eigenvalue weighted by Crippen LogP contribution is 2.57. The SMILES string of the molecule is CC(C)c1cc(C(C)C)c(-c2c(-c3ccccc3)cccc2P(C2CCCCC2)C2CCCCC2)c(C(C)C)c1. The molecule has 0 aromatic heterocycles. The fourth-order valence-electron chi connectivity index (χ4n) is 7.53. The van der Waals surface area contributed by atoms with Gasteiger partial charge in [-0.05, 0) is 99.0 Å². The molecule has 2 aliphatic rings. The molecule has 0 unspecified atom stereocenters. The van der Waals surface area contributed by atoms with E-state index in [4.69, 9.17) is 0 Å². The highest BCUT2D eigenvalue weighted by Gasteiger charge is 2.35. The summed E-state index contributed by atoms with van der Waals surface area (Å²) in [5, 5.41) is 1.73. The Bertz CT molecular complexity index is 1190. The van der Waals surface area contributed by atoms with Crippen LogP contribution in [-0.4, -0.2) is 11.3 Å². The van der Waals surface area contributed by atoms with E-state index in [0.717, 1.165) is 11.3 Å². The van der Waals surface area contributed by atoms with Gasteiger partial charge in [-0.25, -0.2) is 0 Å². The van der Waals surface area contributed by atoms with E-state index in [1.54, 1.807) is 27.6 Å². The van der Waals surface area contributed by atoms with Gasteiger partial charge >= 0.3 is 0 Å². The second-order valence-electron chi connectivity index (χ2n) is 13.6. The quantitative estimate of drug-likeness (QED) is 0.244. The first-order valence-electron chi connectivity index (χ1n) is 16.5. The molecule has 0 spiro atoms. The molecule has 3 aromatic carbocycles. The normalized spacial score (nSPS) is 17.4. The van der Waals surface area contributed by atoms with Crippen LogP contribution in [-0.2, 0) is 0 Å². The van der Waals surface area contributed by atoms with Gasteiger partial charge in [0.25, 0.3) is 0 Å². The van der Waals surface area contributed by atoms with Crippen molar-refractivity contribution in [3.8, 4) is 22.3 Å². The van der Waals surface area contributed by atoms with Gasteiger partial charge in [0.1, 0.15) is 0 Å². The Balaban J connectivity index is 1.85. The summed E-state index contributed by atoms with van der Waals surface area (Å²) in [4.78, 5) is 0. The van der Waals surface area contributed by atoms with Gasteiger partial charge in [0.05, 0.1) is 0 Å². The lowest BCUT2D eigenvalue weighted by molar-refractivity contribution is 0.487. The van der Waals surface area contributed by atoms with Crippen molar-refractivity contribution < 1.29 is 0 Å². The minimum Gasteiger partial charge on any atom is -0.0683 e. The molecule has 0 amide bonds. The molecule has 3 aromatic rings. The maximum atomic E-state index is 2.60. The molecule has 0 atom stereocenters. The van der Waals surface area contributed by atoms with E-state index >= 15 is 0 Å². The third-order valence-corrected chi connectivity index (χ3v) is 13.3. The minimum atomic E-state index is -0.227. The Kier molecular flexibility index (Phi) is 9.89. The maximum absolute atomic E-state index is 2.60. The average molecular weight is 553 g/mol. The van der Waals surface area contributed by atoms with Crippen LogP contribution in [0.25, 0.3) is 22.3 Å². The lowest BCUT2D eigenvalue weighted by atomic mass is 9.80. The monoisotopic (exact) mass is 552 g/mol. The van der Waals surface area contributed by atoms with Gasteiger partial charge < -0.3 is 0 Å². The standard InChI is InChI=1S/C39H53P/c1-27(2)31-25-35(28(3)4)38(36(26-31)29(5)6)39-34(30-17-10-7-11-18-30)23-16-24-37(39)40(32-19-12-8-13-20-32)33-21-14-9-15-22-33/h7,10-11,16-18,23-29,32-33H,8-9,12-15,19-22H2,1-6H3. The summed E-state index contributed by atoms with van der Waals surface area (Å²) >= 11 is 0. The molecule has 0 radical (unpaired) electrons. The summed E-state index contributed by atoms with van der Waals surface area (Å²) in [6.07, 6.45) is 14.4. The molecule has 214 valence electrons. The Morgan fingerprint density at radius 3 is 1.55 bits per heavy atom. The second kappa shape index (κ2) is 13.4. The van der Waals surface area contributed by atoms with E-state index in [0.29, 0.717) is 17.8 Å². The lowest BCUT2D eigenvalue weighted by Crippen LogP contribution is -2.27. The van der Waals surface area contributed by atoms with Crippen LogP contribution in [0.4, 0.5) is 0 Å². The third kappa shape index (κ3) is 6.28. The number of hydrogen-bond acceptors (Lipinski definition) is 0. The lowest BCUT2D eigenvalue weighted by Gasteiger charge is -2.40. The largest absolute Gasteiger partial charge is 0.0683 e. The molecule has 0 saturated heterocycles. The first-order chi connectivity index (χ1) is 19.4. The predicted octanol–water partition coefficient (Wildman–Crippen LogP) is 12.2. The summed E-state index contributed by atoms with van der Waals surface area (Å²) in [5.41, 5.74) is 12.4. The van der Waals surface area contributed by atoms with Crippen LogP contribution in [0.15, 0.2) is 60.7 Å². The van der Waals surface area contributed by atoms with E-state index in [2.05, 4.69) is 102 Å². The molecule has 0 heterocycles. The van der Waals surface area contributed by atoms with E-state index in [1.165, 1.54) is 80.9 Å². The fourth-order valence-corrected chi connectivity index (χ4v) is 11.5. The average Bonchev–Trinajstić information content (AvgIpc) is 2.98. The van der Waals surface area contributed by atoms with Gasteiger partial charge in [-0.2, -0.15) is 0 Å². The molecular weight excluding hydrogens is 499 g/mol. The summed E-state index contributed by atoms with van der Waals surface area (Å²) < 4.78 is 0. The van der Waals surface area contributed by atoms with Crippen LogP contribution in [0.1, 0.15) is 140 Å². The van der Waals surface area contributed by atoms with Gasteiger partial charge in [-0.1, -0.05) is 149 Å². The zero-order valence-corrected chi connectivity index (χ0v) is 27.1. The minimum absolute atomic E-state index is 0.227. The van der Waals surface area contributed by atoms with Crippen molar-refractivity contribution in [2.24, 2.45) is 0 Å². The Morgan fingerprint density at radius 1 is 0.550 bits per heavy atom. The number of rotatable bonds is 8. The summed E-state index contributed by atoms with van der Waals surface area (Å²) in [6, 6.07) is 23.9. The van der Waals surface area contributed by atoms with Crippen LogP contribution in [0.5, 0.6) is 0 Å². The number of benzene rings is 3. The van der Waals surface area contributed by atoms with E-state index in [9.17, 15) is 0 Å². The van der Waals surface area contributed by atoms with Crippen molar-refractivity contribution in [1.29, 1.82) is 0 Å². The van der Waals surface area contributed by atoms with Gasteiger partial charge in [0.2, 0.25) is 0 Å². The molecule has 2 aliphatic carbocycles. The van der Waals surface area contributed by atoms with Crippen LogP contribution >= 0.6 is 7.92 Å². The van der Waals surface area contributed by atoms with Gasteiger partial charge in [-0.3, -0.25) is 0 Å². The van der Waals surface area contributed by atoms with E-state index in [-0.39, 0.29) is 7.92 Å². The predicted molar refractivity (Wildman–Crippen MR) is 180 cm³/mol. The Hall–Kier alpha value is -1.91. The molecule has 40 heavy (non-hydrogen) atoms. The van der Waals surface area contributed by atoms with E-state index < -0.39 is 0 Å². The molecule has 0 nitrogen and oxygen atoms in total. The van der Waals surface area contributed by atoms with Crippen molar-refractivity contribution in [1.82, 2.24) is 0 Å². The number of hydrogen-bond donors (Lipinski definition) is 0. The first kappa shape index (κ1) is 29.6. The Morgan fingerprint density at radius 2 is 1.07 bits per heavy atom. The highest BCUT2D eigenvalue weighted by atomic mass is 31.1. The first-order valence-corrected chi connectivity index (χ1v) is 18.0. The summed E-state index contributed by atoms with van der Waals surface area (Å²) in [5.74, 6) is 1.51. The Labute approximate surface area is 247 Å². The summed E-state index contributed by atoms with van der Waals surface area (Å²) in [7, 11) is -0.227. The van der Waals surface area contributed by atoms with Gasteiger partial charge in [-0.15, -0.1) is 0 Å². The highest BCUT2D eigenvalue weighted by molar-refractivity contribution is 7.67. The van der Waals surface area contributed by atoms with Crippen molar-refractivity contribution >= 4 is 13.2 Å². The molecule has 0 bridgehead atoms. The van der Waals surface area contributed by atoms with Gasteiger partial charge in [0.15, 0.2) is 0 Å². The van der Waals surface area contributed by atoms with Crippen LogP contribution < -0.4 is 5.30 Å². The van der Waals surface area contributed by atoms with Crippen molar-refractivity contribution in [3.63, 3.8) is 0 Å². The molecule has 1 heteroatoms. The van der Waals surface area contributed by atoms with E-state index in [1.807, 2.05) is 0 Å². The molecule has 0 N–H and O–H groups in total. The zero-order valence-electron chi connectivity index (χ0n) is 26.2. The topological polar surface area (TPSA) is 0 Å². The fraction of sp³-hybridized carbons (Fsp3) is 0.538. The maximum Gasteiger partial charge on any atom is -0.00224 e. The molecule has 2 fully saturated rings. The van der Waals surface area contributed by atoms with Gasteiger partial charge in [0, 0.05) is 0 Å².